The summed E-state index contributed by atoms with van der Waals surface area (Å²) in [6, 6.07) is 7.46. The summed E-state index contributed by atoms with van der Waals surface area (Å²) in [6.45, 7) is 6.22. The van der Waals surface area contributed by atoms with Crippen molar-refractivity contribution in [2.75, 3.05) is 17.7 Å². The van der Waals surface area contributed by atoms with E-state index in [-0.39, 0.29) is 11.7 Å². The van der Waals surface area contributed by atoms with Crippen LogP contribution >= 0.6 is 11.8 Å². The number of para-hydroxylation sites is 1. The van der Waals surface area contributed by atoms with E-state index >= 15 is 0 Å². The van der Waals surface area contributed by atoms with Crippen LogP contribution in [0.5, 0.6) is 5.75 Å². The van der Waals surface area contributed by atoms with Gasteiger partial charge in [0.2, 0.25) is 5.91 Å². The Balaban J connectivity index is 1.64. The average Bonchev–Trinajstić information content (AvgIpc) is 3.21. The van der Waals surface area contributed by atoms with E-state index < -0.39 is 0 Å². The van der Waals surface area contributed by atoms with Crippen LogP contribution in [-0.2, 0) is 11.8 Å². The van der Waals surface area contributed by atoms with Gasteiger partial charge in [0.25, 0.3) is 11.1 Å². The zero-order valence-corrected chi connectivity index (χ0v) is 16.5. The summed E-state index contributed by atoms with van der Waals surface area (Å²) in [5.74, 6) is 1.04. The van der Waals surface area contributed by atoms with Crippen molar-refractivity contribution in [3.63, 3.8) is 0 Å². The topological polar surface area (TPSA) is 95.1 Å². The number of nitrogens with zero attached hydrogens (tertiary/aromatic N) is 4. The van der Waals surface area contributed by atoms with Crippen molar-refractivity contribution in [1.82, 2.24) is 20.0 Å². The van der Waals surface area contributed by atoms with Crippen LogP contribution in [0.2, 0.25) is 0 Å². The summed E-state index contributed by atoms with van der Waals surface area (Å²) in [5.41, 5.74) is 3.14. The maximum absolute atomic E-state index is 12.2. The van der Waals surface area contributed by atoms with E-state index in [9.17, 15) is 4.79 Å². The third kappa shape index (κ3) is 4.30. The number of aromatic nitrogens is 4. The van der Waals surface area contributed by atoms with Crippen molar-refractivity contribution in [3.05, 3.63) is 35.7 Å². The van der Waals surface area contributed by atoms with Gasteiger partial charge in [0.05, 0.1) is 35.0 Å². The van der Waals surface area contributed by atoms with Crippen LogP contribution in [0.25, 0.3) is 11.5 Å². The number of anilines is 1. The number of aryl methyl sites for hydroxylation is 2. The molecule has 0 aliphatic heterocycles. The molecule has 0 aliphatic carbocycles. The highest BCUT2D eigenvalue weighted by Crippen LogP contribution is 2.30. The molecule has 3 rings (SSSR count). The van der Waals surface area contributed by atoms with Crippen LogP contribution < -0.4 is 10.1 Å². The first-order chi connectivity index (χ1) is 13.0. The molecule has 9 heteroatoms. The van der Waals surface area contributed by atoms with Crippen LogP contribution in [0.15, 0.2) is 33.9 Å². The Kier molecular flexibility index (Phi) is 5.80. The number of hydrogen-bond acceptors (Lipinski definition) is 7. The van der Waals surface area contributed by atoms with E-state index in [1.807, 2.05) is 52.1 Å². The summed E-state index contributed by atoms with van der Waals surface area (Å²) in [4.78, 5) is 12.2. The monoisotopic (exact) mass is 387 g/mol. The van der Waals surface area contributed by atoms with Gasteiger partial charge in [0.1, 0.15) is 5.75 Å². The molecule has 3 aromatic rings. The molecule has 8 nitrogen and oxygen atoms in total. The molecule has 0 spiro atoms. The van der Waals surface area contributed by atoms with Crippen molar-refractivity contribution in [2.45, 2.75) is 26.0 Å². The molecule has 2 aromatic heterocycles. The molecule has 0 radical (unpaired) electrons. The van der Waals surface area contributed by atoms with Gasteiger partial charge < -0.3 is 14.5 Å². The van der Waals surface area contributed by atoms with Crippen LogP contribution in [0.4, 0.5) is 5.69 Å². The van der Waals surface area contributed by atoms with Crippen LogP contribution in [0.1, 0.15) is 18.3 Å². The molecule has 0 unspecified atom stereocenters. The van der Waals surface area contributed by atoms with Gasteiger partial charge in [-0.05, 0) is 32.9 Å². The lowest BCUT2D eigenvalue weighted by atomic mass is 10.2. The van der Waals surface area contributed by atoms with Crippen molar-refractivity contribution in [3.8, 4) is 17.2 Å². The highest BCUT2D eigenvalue weighted by molar-refractivity contribution is 7.99. The van der Waals surface area contributed by atoms with E-state index in [1.165, 1.54) is 11.8 Å². The van der Waals surface area contributed by atoms with Crippen molar-refractivity contribution < 1.29 is 13.9 Å². The summed E-state index contributed by atoms with van der Waals surface area (Å²) >= 11 is 1.18. The smallest absolute Gasteiger partial charge is 0.277 e. The lowest BCUT2D eigenvalue weighted by molar-refractivity contribution is -0.113. The minimum atomic E-state index is -0.159. The highest BCUT2D eigenvalue weighted by Gasteiger charge is 2.16. The third-order valence-corrected chi connectivity index (χ3v) is 4.74. The molecule has 0 saturated carbocycles. The molecule has 0 saturated heterocycles. The largest absolute Gasteiger partial charge is 0.493 e. The highest BCUT2D eigenvalue weighted by atomic mass is 32.2. The Morgan fingerprint density at radius 1 is 1.30 bits per heavy atom. The normalized spacial score (nSPS) is 10.8. The Hall–Kier alpha value is -2.81. The Morgan fingerprint density at radius 2 is 2.07 bits per heavy atom. The minimum Gasteiger partial charge on any atom is -0.493 e. The fraction of sp³-hybridized carbons (Fsp3) is 0.333. The maximum atomic E-state index is 12.2. The van der Waals surface area contributed by atoms with Gasteiger partial charge >= 0.3 is 0 Å². The van der Waals surface area contributed by atoms with Crippen LogP contribution in [-0.4, -0.2) is 38.2 Å². The average molecular weight is 387 g/mol. The molecular weight excluding hydrogens is 366 g/mol. The van der Waals surface area contributed by atoms with Gasteiger partial charge in [-0.25, -0.2) is 0 Å². The fourth-order valence-electron chi connectivity index (χ4n) is 2.56. The quantitative estimate of drug-likeness (QED) is 0.622. The molecule has 1 amide bonds. The van der Waals surface area contributed by atoms with E-state index in [2.05, 4.69) is 20.6 Å². The molecule has 0 aliphatic rings. The number of carbonyl (C=O) groups excluding carboxylic acids is 1. The van der Waals surface area contributed by atoms with Crippen molar-refractivity contribution in [2.24, 2.45) is 7.05 Å². The summed E-state index contributed by atoms with van der Waals surface area (Å²) in [6.07, 6.45) is 0. The summed E-state index contributed by atoms with van der Waals surface area (Å²) in [7, 11) is 1.84. The number of nitrogens with one attached hydrogen (secondary N) is 1. The zero-order chi connectivity index (χ0) is 19.4. The fourth-order valence-corrected chi connectivity index (χ4v) is 3.12. The lowest BCUT2D eigenvalue weighted by Gasteiger charge is -2.06. The lowest BCUT2D eigenvalue weighted by Crippen LogP contribution is -2.15. The SMILES string of the molecule is CCOc1ccccc1-c1nnc(SCC(=O)Nc2c(C)nn(C)c2C)o1. The third-order valence-electron chi connectivity index (χ3n) is 3.92. The van der Waals surface area contributed by atoms with Crippen LogP contribution in [0, 0.1) is 13.8 Å². The predicted octanol–water partition coefficient (Wildman–Crippen LogP) is 3.22. The van der Waals surface area contributed by atoms with Gasteiger partial charge in [0, 0.05) is 7.05 Å². The first-order valence-electron chi connectivity index (χ1n) is 8.48. The maximum Gasteiger partial charge on any atom is 0.277 e. The van der Waals surface area contributed by atoms with Crippen molar-refractivity contribution in [1.29, 1.82) is 0 Å². The van der Waals surface area contributed by atoms with Gasteiger partial charge in [-0.15, -0.1) is 10.2 Å². The summed E-state index contributed by atoms with van der Waals surface area (Å²) in [5, 5.41) is 15.6. The molecule has 142 valence electrons. The number of hydrogen-bond donors (Lipinski definition) is 1. The predicted molar refractivity (Wildman–Crippen MR) is 103 cm³/mol. The first-order valence-corrected chi connectivity index (χ1v) is 9.46. The number of carbonyl (C=O) groups is 1. The molecule has 0 fully saturated rings. The van der Waals surface area contributed by atoms with E-state index in [0.717, 1.165) is 22.6 Å². The molecule has 0 atom stereocenters. The second kappa shape index (κ2) is 8.26. The molecular formula is C18H21N5O3S. The van der Waals surface area contributed by atoms with Gasteiger partial charge in [-0.3, -0.25) is 9.48 Å². The Morgan fingerprint density at radius 3 is 2.78 bits per heavy atom. The number of benzene rings is 1. The second-order valence-corrected chi connectivity index (χ2v) is 6.74. The van der Waals surface area contributed by atoms with E-state index in [0.29, 0.717) is 23.5 Å². The molecule has 0 bridgehead atoms. The number of ether oxygens (including phenoxy) is 1. The molecule has 1 N–H and O–H groups in total. The van der Waals surface area contributed by atoms with Gasteiger partial charge in [-0.1, -0.05) is 23.9 Å². The first kappa shape index (κ1) is 19.0. The second-order valence-electron chi connectivity index (χ2n) is 5.81. The molecule has 2 heterocycles. The van der Waals surface area contributed by atoms with Gasteiger partial charge in [-0.2, -0.15) is 5.10 Å². The number of rotatable bonds is 7. The van der Waals surface area contributed by atoms with Gasteiger partial charge in [0.15, 0.2) is 0 Å². The van der Waals surface area contributed by atoms with Crippen molar-refractivity contribution >= 4 is 23.4 Å². The Labute approximate surface area is 161 Å². The Bertz CT molecular complexity index is 950. The standard InChI is InChI=1S/C18H21N5O3S/c1-5-25-14-9-7-6-8-13(14)17-20-21-18(26-17)27-10-15(24)19-16-11(2)22-23(4)12(16)3/h6-9H,5,10H2,1-4H3,(H,19,24). The van der Waals surface area contributed by atoms with E-state index in [1.54, 1.807) is 4.68 Å². The minimum absolute atomic E-state index is 0.155. The molecule has 1 aromatic carbocycles. The zero-order valence-electron chi connectivity index (χ0n) is 15.6. The van der Waals surface area contributed by atoms with E-state index in [4.69, 9.17) is 9.15 Å². The number of amides is 1. The summed E-state index contributed by atoms with van der Waals surface area (Å²) < 4.78 is 13.0. The molecule has 27 heavy (non-hydrogen) atoms. The number of thioether (sulfide) groups is 1. The van der Waals surface area contributed by atoms with Crippen LogP contribution in [0.3, 0.4) is 0 Å².